The number of aromatic nitrogens is 1. The van der Waals surface area contributed by atoms with Gasteiger partial charge >= 0.3 is 0 Å². The van der Waals surface area contributed by atoms with Crippen molar-refractivity contribution >= 4 is 12.1 Å². The highest BCUT2D eigenvalue weighted by atomic mass is 16.2. The normalized spacial score (nSPS) is 35.4. The minimum absolute atomic E-state index is 0.110. The van der Waals surface area contributed by atoms with Crippen molar-refractivity contribution in [3.63, 3.8) is 0 Å². The summed E-state index contributed by atoms with van der Waals surface area (Å²) < 4.78 is 2.42. The molecular weight excluding hydrogens is 322 g/mol. The first-order chi connectivity index (χ1) is 12.5. The Morgan fingerprint density at radius 2 is 1.81 bits per heavy atom. The van der Waals surface area contributed by atoms with Crippen molar-refractivity contribution in [3.8, 4) is 0 Å². The van der Waals surface area contributed by atoms with E-state index in [4.69, 9.17) is 0 Å². The van der Waals surface area contributed by atoms with E-state index >= 15 is 0 Å². The number of carbonyl (C=O) groups is 1. The van der Waals surface area contributed by atoms with Gasteiger partial charge in [-0.25, -0.2) is 5.43 Å². The summed E-state index contributed by atoms with van der Waals surface area (Å²) in [5, 5.41) is 4.30. The summed E-state index contributed by atoms with van der Waals surface area (Å²) in [5.41, 5.74) is 6.81. The molecule has 0 aliphatic heterocycles. The van der Waals surface area contributed by atoms with Crippen LogP contribution in [0.25, 0.3) is 0 Å². The third-order valence-corrected chi connectivity index (χ3v) is 7.53. The quantitative estimate of drug-likeness (QED) is 0.615. The van der Waals surface area contributed by atoms with Crippen molar-refractivity contribution in [2.75, 3.05) is 0 Å². The largest absolute Gasteiger partial charge is 0.345 e. The molecule has 1 N–H and O–H groups in total. The van der Waals surface area contributed by atoms with Gasteiger partial charge in [-0.3, -0.25) is 4.79 Å². The predicted octanol–water partition coefficient (Wildman–Crippen LogP) is 4.50. The molecule has 0 spiro atoms. The predicted molar refractivity (Wildman–Crippen MR) is 103 cm³/mol. The van der Waals surface area contributed by atoms with E-state index in [1.165, 1.54) is 62.8 Å². The fraction of sp³-hybridized carbons (Fsp3) is 0.727. The number of hydrogen-bond donors (Lipinski definition) is 1. The minimum Gasteiger partial charge on any atom is -0.345 e. The summed E-state index contributed by atoms with van der Waals surface area (Å²) in [4.78, 5) is 12.6. The highest BCUT2D eigenvalue weighted by molar-refractivity contribution is 5.84. The van der Waals surface area contributed by atoms with Crippen LogP contribution < -0.4 is 5.43 Å². The van der Waals surface area contributed by atoms with Gasteiger partial charge in [-0.05, 0) is 94.4 Å². The Morgan fingerprint density at radius 1 is 1.19 bits per heavy atom. The molecule has 0 radical (unpaired) electrons. The first-order valence-corrected chi connectivity index (χ1v) is 10.5. The summed E-state index contributed by atoms with van der Waals surface area (Å²) >= 11 is 0. The van der Waals surface area contributed by atoms with Crippen molar-refractivity contribution in [1.29, 1.82) is 0 Å². The lowest BCUT2D eigenvalue weighted by molar-refractivity contribution is -0.129. The number of amides is 1. The van der Waals surface area contributed by atoms with Crippen LogP contribution in [0.5, 0.6) is 0 Å². The third-order valence-electron chi connectivity index (χ3n) is 7.53. The number of aryl methyl sites for hydroxylation is 1. The van der Waals surface area contributed by atoms with Crippen LogP contribution >= 0.6 is 0 Å². The Hall–Kier alpha value is -1.58. The number of hydrogen-bond acceptors (Lipinski definition) is 2. The lowest BCUT2D eigenvalue weighted by atomic mass is 9.49. The van der Waals surface area contributed by atoms with Crippen LogP contribution in [0.4, 0.5) is 0 Å². The van der Waals surface area contributed by atoms with E-state index < -0.39 is 0 Å². The van der Waals surface area contributed by atoms with Gasteiger partial charge < -0.3 is 4.57 Å². The van der Waals surface area contributed by atoms with Gasteiger partial charge in [-0.15, -0.1) is 0 Å². The van der Waals surface area contributed by atoms with E-state index in [9.17, 15) is 4.79 Å². The molecule has 6 rings (SSSR count). The average molecular weight is 354 g/mol. The second-order valence-corrected chi connectivity index (χ2v) is 9.82. The molecule has 4 nitrogen and oxygen atoms in total. The van der Waals surface area contributed by atoms with Crippen molar-refractivity contribution in [3.05, 3.63) is 23.0 Å². The lowest BCUT2D eigenvalue weighted by Crippen LogP contribution is -2.47. The Bertz CT molecular complexity index is 720. The van der Waals surface area contributed by atoms with Gasteiger partial charge in [0.15, 0.2) is 0 Å². The Morgan fingerprint density at radius 3 is 2.38 bits per heavy atom. The standard InChI is InChI=1S/C22H31N3O/c1-14-5-19(15(2)25(14)20-3-4-20)13-23-24-21(26)12-22-9-16-6-17(10-22)8-18(7-16)11-22/h5,13,16-18,20H,3-4,6-12H2,1-2H3,(H,24,26)/b23-13-. The van der Waals surface area contributed by atoms with Gasteiger partial charge in [0.1, 0.15) is 0 Å². The number of rotatable bonds is 5. The highest BCUT2D eigenvalue weighted by Gasteiger charge is 2.51. The second kappa shape index (κ2) is 5.97. The van der Waals surface area contributed by atoms with Gasteiger partial charge in [-0.2, -0.15) is 5.10 Å². The zero-order valence-electron chi connectivity index (χ0n) is 16.1. The zero-order valence-corrected chi connectivity index (χ0v) is 16.1. The topological polar surface area (TPSA) is 46.4 Å². The highest BCUT2D eigenvalue weighted by Crippen LogP contribution is 2.61. The number of nitrogens with zero attached hydrogens (tertiary/aromatic N) is 2. The molecule has 1 heterocycles. The maximum absolute atomic E-state index is 12.6. The molecule has 5 saturated carbocycles. The molecule has 1 aromatic rings. The molecule has 4 heteroatoms. The molecule has 26 heavy (non-hydrogen) atoms. The SMILES string of the molecule is Cc1cc(/C=N\NC(=O)CC23CC4CC(CC(C4)C2)C3)c(C)n1C1CC1. The first-order valence-electron chi connectivity index (χ1n) is 10.5. The molecule has 0 aromatic carbocycles. The monoisotopic (exact) mass is 353 g/mol. The minimum atomic E-state index is 0.110. The average Bonchev–Trinajstić information content (AvgIpc) is 3.32. The zero-order chi connectivity index (χ0) is 17.9. The summed E-state index contributed by atoms with van der Waals surface area (Å²) in [6, 6.07) is 2.87. The van der Waals surface area contributed by atoms with Crippen molar-refractivity contribution in [2.45, 2.75) is 77.7 Å². The maximum Gasteiger partial charge on any atom is 0.240 e. The fourth-order valence-corrected chi connectivity index (χ4v) is 6.89. The van der Waals surface area contributed by atoms with Crippen LogP contribution in [0.15, 0.2) is 11.2 Å². The van der Waals surface area contributed by atoms with Crippen LogP contribution in [0.3, 0.4) is 0 Å². The molecule has 5 fully saturated rings. The molecule has 0 unspecified atom stereocenters. The summed E-state index contributed by atoms with van der Waals surface area (Å²) in [7, 11) is 0. The van der Waals surface area contributed by atoms with Crippen LogP contribution in [0.2, 0.25) is 0 Å². The van der Waals surface area contributed by atoms with Crippen molar-refractivity contribution in [1.82, 2.24) is 9.99 Å². The summed E-state index contributed by atoms with van der Waals surface area (Å²) in [6.45, 7) is 4.32. The first kappa shape index (κ1) is 16.6. The molecule has 0 saturated heterocycles. The second-order valence-electron chi connectivity index (χ2n) is 9.82. The number of nitrogens with one attached hydrogen (secondary N) is 1. The fourth-order valence-electron chi connectivity index (χ4n) is 6.89. The Kier molecular flexibility index (Phi) is 3.81. The number of hydrazone groups is 1. The molecule has 1 amide bonds. The third kappa shape index (κ3) is 2.91. The molecule has 1 aromatic heterocycles. The van der Waals surface area contributed by atoms with Gasteiger partial charge in [0.25, 0.3) is 0 Å². The van der Waals surface area contributed by atoms with Crippen LogP contribution in [0.1, 0.15) is 80.8 Å². The van der Waals surface area contributed by atoms with E-state index in [0.717, 1.165) is 23.3 Å². The molecule has 4 bridgehead atoms. The Labute approximate surface area is 156 Å². The molecular formula is C22H31N3O. The van der Waals surface area contributed by atoms with Crippen LogP contribution in [-0.2, 0) is 4.79 Å². The van der Waals surface area contributed by atoms with Crippen molar-refractivity contribution < 1.29 is 4.79 Å². The van der Waals surface area contributed by atoms with Gasteiger partial charge in [0, 0.05) is 29.4 Å². The van der Waals surface area contributed by atoms with Crippen molar-refractivity contribution in [2.24, 2.45) is 28.3 Å². The molecule has 5 aliphatic carbocycles. The molecule has 140 valence electrons. The van der Waals surface area contributed by atoms with E-state index in [0.29, 0.717) is 12.5 Å². The smallest absolute Gasteiger partial charge is 0.240 e. The van der Waals surface area contributed by atoms with Crippen LogP contribution in [0, 0.1) is 37.0 Å². The van der Waals surface area contributed by atoms with Gasteiger partial charge in [-0.1, -0.05) is 0 Å². The van der Waals surface area contributed by atoms with E-state index in [1.807, 2.05) is 6.21 Å². The van der Waals surface area contributed by atoms with E-state index in [2.05, 4.69) is 35.0 Å². The summed E-state index contributed by atoms with van der Waals surface area (Å²) in [6.07, 6.45) is 13.2. The maximum atomic E-state index is 12.6. The van der Waals surface area contributed by atoms with E-state index in [-0.39, 0.29) is 11.3 Å². The van der Waals surface area contributed by atoms with Gasteiger partial charge in [0.05, 0.1) is 6.21 Å². The van der Waals surface area contributed by atoms with Crippen LogP contribution in [-0.4, -0.2) is 16.7 Å². The number of carbonyl (C=O) groups excluding carboxylic acids is 1. The van der Waals surface area contributed by atoms with Gasteiger partial charge in [0.2, 0.25) is 5.91 Å². The molecule has 5 aliphatic rings. The molecule has 0 atom stereocenters. The summed E-state index contributed by atoms with van der Waals surface area (Å²) in [5.74, 6) is 2.79. The lowest BCUT2D eigenvalue weighted by Gasteiger charge is -2.56. The van der Waals surface area contributed by atoms with E-state index in [1.54, 1.807) is 0 Å². The Balaban J connectivity index is 1.22.